The van der Waals surface area contributed by atoms with Crippen LogP contribution in [0.3, 0.4) is 0 Å². The average Bonchev–Trinajstić information content (AvgIpc) is 2.95. The lowest BCUT2D eigenvalue weighted by Crippen LogP contribution is -2.31. The molecule has 1 aliphatic rings. The van der Waals surface area contributed by atoms with E-state index in [0.29, 0.717) is 29.5 Å². The van der Waals surface area contributed by atoms with Crippen molar-refractivity contribution in [1.29, 1.82) is 5.26 Å². The van der Waals surface area contributed by atoms with Crippen LogP contribution >= 0.6 is 34.8 Å². The second-order valence-electron chi connectivity index (χ2n) is 6.19. The van der Waals surface area contributed by atoms with E-state index in [9.17, 15) is 10.1 Å². The molecule has 28 heavy (non-hydrogen) atoms. The van der Waals surface area contributed by atoms with Gasteiger partial charge in [-0.05, 0) is 71.1 Å². The summed E-state index contributed by atoms with van der Waals surface area (Å²) in [5.74, 6) is 0.625. The van der Waals surface area contributed by atoms with E-state index in [1.165, 1.54) is 0 Å². The standard InChI is InChI=1S/C21H18IN3O2S/c1-2-9-25-20(26)18(24-21(25)28)11-14-7-8-19(17(22)10-14)27-13-16-6-4-3-5-15(16)12-23/h3-8,10-11H,2,9,13H2,1H3,(H,24,28)/b18-11-. The highest BCUT2D eigenvalue weighted by Gasteiger charge is 2.29. The first-order chi connectivity index (χ1) is 13.5. The molecule has 0 spiro atoms. The molecule has 0 bridgehead atoms. The number of benzene rings is 2. The second-order valence-corrected chi connectivity index (χ2v) is 7.74. The monoisotopic (exact) mass is 503 g/mol. The molecule has 2 aromatic carbocycles. The van der Waals surface area contributed by atoms with Crippen molar-refractivity contribution >= 4 is 51.9 Å². The molecule has 7 heteroatoms. The van der Waals surface area contributed by atoms with Gasteiger partial charge in [0.25, 0.3) is 5.91 Å². The quantitative estimate of drug-likeness (QED) is 0.364. The maximum Gasteiger partial charge on any atom is 0.276 e. The molecule has 1 aliphatic heterocycles. The Balaban J connectivity index is 1.73. The number of carbonyl (C=O) groups excluding carboxylic acids is 1. The first kappa shape index (κ1) is 20.3. The number of thiocarbonyl (C=S) groups is 1. The van der Waals surface area contributed by atoms with Crippen molar-refractivity contribution in [2.75, 3.05) is 6.54 Å². The van der Waals surface area contributed by atoms with Crippen LogP contribution in [0.2, 0.25) is 0 Å². The van der Waals surface area contributed by atoms with E-state index in [1.54, 1.807) is 17.0 Å². The number of nitrogens with one attached hydrogen (secondary N) is 1. The summed E-state index contributed by atoms with van der Waals surface area (Å²) in [6, 6.07) is 15.2. The highest BCUT2D eigenvalue weighted by molar-refractivity contribution is 14.1. The molecular weight excluding hydrogens is 485 g/mol. The minimum Gasteiger partial charge on any atom is -0.488 e. The lowest BCUT2D eigenvalue weighted by molar-refractivity contribution is -0.122. The largest absolute Gasteiger partial charge is 0.488 e. The summed E-state index contributed by atoms with van der Waals surface area (Å²) in [5.41, 5.74) is 2.81. The number of hydrogen-bond acceptors (Lipinski definition) is 4. The van der Waals surface area contributed by atoms with Crippen LogP contribution in [-0.4, -0.2) is 22.5 Å². The number of hydrogen-bond donors (Lipinski definition) is 1. The first-order valence-electron chi connectivity index (χ1n) is 8.78. The minimum absolute atomic E-state index is 0.102. The molecule has 0 saturated carbocycles. The Kier molecular flexibility index (Phi) is 6.65. The highest BCUT2D eigenvalue weighted by Crippen LogP contribution is 2.25. The maximum absolute atomic E-state index is 12.4. The molecule has 1 N–H and O–H groups in total. The van der Waals surface area contributed by atoms with Gasteiger partial charge in [0, 0.05) is 12.1 Å². The summed E-state index contributed by atoms with van der Waals surface area (Å²) in [6.45, 7) is 2.94. The molecule has 0 atom stereocenters. The van der Waals surface area contributed by atoms with Crippen LogP contribution in [0.5, 0.6) is 5.75 Å². The Morgan fingerprint density at radius 3 is 2.82 bits per heavy atom. The van der Waals surface area contributed by atoms with Gasteiger partial charge in [0.2, 0.25) is 0 Å². The van der Waals surface area contributed by atoms with Gasteiger partial charge in [-0.2, -0.15) is 5.26 Å². The first-order valence-corrected chi connectivity index (χ1v) is 10.3. The zero-order chi connectivity index (χ0) is 20.1. The van der Waals surface area contributed by atoms with E-state index < -0.39 is 0 Å². The van der Waals surface area contributed by atoms with E-state index in [1.807, 2.05) is 43.3 Å². The van der Waals surface area contributed by atoms with E-state index in [4.69, 9.17) is 17.0 Å². The van der Waals surface area contributed by atoms with Crippen LogP contribution in [0.25, 0.3) is 6.08 Å². The Morgan fingerprint density at radius 1 is 1.32 bits per heavy atom. The van der Waals surface area contributed by atoms with Crippen molar-refractivity contribution in [2.24, 2.45) is 0 Å². The van der Waals surface area contributed by atoms with E-state index in [0.717, 1.165) is 26.9 Å². The molecular formula is C21H18IN3O2S. The fourth-order valence-corrected chi connectivity index (χ4v) is 3.78. The molecule has 3 rings (SSSR count). The van der Waals surface area contributed by atoms with Gasteiger partial charge in [-0.15, -0.1) is 0 Å². The third kappa shape index (κ3) is 4.51. The topological polar surface area (TPSA) is 65.4 Å². The summed E-state index contributed by atoms with van der Waals surface area (Å²) in [5, 5.41) is 12.6. The molecule has 1 fully saturated rings. The number of rotatable bonds is 6. The molecule has 5 nitrogen and oxygen atoms in total. The van der Waals surface area contributed by atoms with Crippen molar-refractivity contribution in [1.82, 2.24) is 10.2 Å². The summed E-state index contributed by atoms with van der Waals surface area (Å²) >= 11 is 7.43. The van der Waals surface area contributed by atoms with Gasteiger partial charge in [0.15, 0.2) is 5.11 Å². The molecule has 0 unspecified atom stereocenters. The Bertz CT molecular complexity index is 997. The third-order valence-corrected chi connectivity index (χ3v) is 5.36. The van der Waals surface area contributed by atoms with Crippen LogP contribution in [0.1, 0.15) is 30.0 Å². The van der Waals surface area contributed by atoms with Crippen molar-refractivity contribution in [3.63, 3.8) is 0 Å². The van der Waals surface area contributed by atoms with Crippen molar-refractivity contribution in [2.45, 2.75) is 20.0 Å². The number of nitrogens with zero attached hydrogens (tertiary/aromatic N) is 2. The van der Waals surface area contributed by atoms with Crippen LogP contribution < -0.4 is 10.1 Å². The molecule has 0 aliphatic carbocycles. The molecule has 0 aromatic heterocycles. The molecule has 1 amide bonds. The fourth-order valence-electron chi connectivity index (χ4n) is 2.80. The van der Waals surface area contributed by atoms with E-state index in [2.05, 4.69) is 34.0 Å². The van der Waals surface area contributed by atoms with E-state index in [-0.39, 0.29) is 5.91 Å². The Morgan fingerprint density at radius 2 is 2.11 bits per heavy atom. The molecule has 142 valence electrons. The zero-order valence-corrected chi connectivity index (χ0v) is 18.2. The van der Waals surface area contributed by atoms with Gasteiger partial charge in [0.05, 0.1) is 15.2 Å². The van der Waals surface area contributed by atoms with Gasteiger partial charge in [-0.25, -0.2) is 0 Å². The zero-order valence-electron chi connectivity index (χ0n) is 15.2. The lowest BCUT2D eigenvalue weighted by Gasteiger charge is -2.11. The summed E-state index contributed by atoms with van der Waals surface area (Å²) in [4.78, 5) is 14.0. The maximum atomic E-state index is 12.4. The molecule has 0 radical (unpaired) electrons. The molecule has 2 aromatic rings. The predicted molar refractivity (Wildman–Crippen MR) is 120 cm³/mol. The predicted octanol–water partition coefficient (Wildman–Crippen LogP) is 4.21. The van der Waals surface area contributed by atoms with Gasteiger partial charge >= 0.3 is 0 Å². The Hall–Kier alpha value is -2.44. The van der Waals surface area contributed by atoms with Crippen LogP contribution in [-0.2, 0) is 11.4 Å². The SMILES string of the molecule is CCCN1C(=O)/C(=C/c2ccc(OCc3ccccc3C#N)c(I)c2)NC1=S. The minimum atomic E-state index is -0.102. The average molecular weight is 503 g/mol. The summed E-state index contributed by atoms with van der Waals surface area (Å²) in [6.07, 6.45) is 2.64. The van der Waals surface area contributed by atoms with Gasteiger partial charge in [0.1, 0.15) is 18.1 Å². The van der Waals surface area contributed by atoms with Gasteiger partial charge < -0.3 is 10.1 Å². The van der Waals surface area contributed by atoms with Crippen molar-refractivity contribution in [3.05, 3.63) is 68.4 Å². The number of halogens is 1. The third-order valence-electron chi connectivity index (χ3n) is 4.20. The smallest absolute Gasteiger partial charge is 0.276 e. The molecule has 1 saturated heterocycles. The summed E-state index contributed by atoms with van der Waals surface area (Å²) < 4.78 is 6.80. The van der Waals surface area contributed by atoms with Gasteiger partial charge in [-0.1, -0.05) is 31.2 Å². The summed E-state index contributed by atoms with van der Waals surface area (Å²) in [7, 11) is 0. The number of amides is 1. The molecule has 1 heterocycles. The van der Waals surface area contributed by atoms with E-state index >= 15 is 0 Å². The Labute approximate surface area is 183 Å². The second kappa shape index (κ2) is 9.17. The van der Waals surface area contributed by atoms with Crippen molar-refractivity contribution < 1.29 is 9.53 Å². The van der Waals surface area contributed by atoms with Crippen LogP contribution in [0.4, 0.5) is 0 Å². The van der Waals surface area contributed by atoms with Crippen LogP contribution in [0.15, 0.2) is 48.2 Å². The fraction of sp³-hybridized carbons (Fsp3) is 0.190. The lowest BCUT2D eigenvalue weighted by atomic mass is 10.1. The van der Waals surface area contributed by atoms with Gasteiger partial charge in [-0.3, -0.25) is 9.69 Å². The van der Waals surface area contributed by atoms with Crippen LogP contribution in [0, 0.1) is 14.9 Å². The van der Waals surface area contributed by atoms with Crippen molar-refractivity contribution in [3.8, 4) is 11.8 Å². The number of carbonyl (C=O) groups is 1. The number of nitriles is 1. The number of ether oxygens (including phenoxy) is 1. The normalized spacial score (nSPS) is 14.9. The highest BCUT2D eigenvalue weighted by atomic mass is 127.